The van der Waals surface area contributed by atoms with E-state index in [9.17, 15) is 4.79 Å². The van der Waals surface area contributed by atoms with E-state index in [1.165, 1.54) is 11.3 Å². The lowest BCUT2D eigenvalue weighted by Gasteiger charge is -2.01. The largest absolute Gasteiger partial charge is 0.317 e. The van der Waals surface area contributed by atoms with Crippen molar-refractivity contribution in [2.45, 2.75) is 13.5 Å². The van der Waals surface area contributed by atoms with Crippen LogP contribution in [0.15, 0.2) is 51.9 Å². The molecule has 6 heteroatoms. The van der Waals surface area contributed by atoms with Crippen molar-refractivity contribution in [3.63, 3.8) is 0 Å². The number of aryl methyl sites for hydroxylation is 1. The quantitative estimate of drug-likeness (QED) is 0.477. The van der Waals surface area contributed by atoms with Gasteiger partial charge >= 0.3 is 0 Å². The number of halogens is 2. The molecule has 0 N–H and O–H groups in total. The van der Waals surface area contributed by atoms with Crippen molar-refractivity contribution in [3.05, 3.63) is 60.9 Å². The summed E-state index contributed by atoms with van der Waals surface area (Å²) in [6.07, 6.45) is 0. The molecule has 112 valence electrons. The van der Waals surface area contributed by atoms with Crippen LogP contribution in [-0.2, 0) is 6.54 Å². The molecule has 0 atom stereocenters. The first-order valence-corrected chi connectivity index (χ1v) is 9.41. The molecule has 0 unspecified atom stereocenters. The molecular weight excluding hydrogens is 475 g/mol. The monoisotopic (exact) mass is 486 g/mol. The van der Waals surface area contributed by atoms with E-state index in [-0.39, 0.29) is 5.91 Å². The van der Waals surface area contributed by atoms with Gasteiger partial charge in [-0.15, -0.1) is 0 Å². The van der Waals surface area contributed by atoms with E-state index in [4.69, 9.17) is 0 Å². The molecule has 0 bridgehead atoms. The Morgan fingerprint density at radius 3 is 2.82 bits per heavy atom. The Hall–Kier alpha value is -0.990. The van der Waals surface area contributed by atoms with Gasteiger partial charge in [0.25, 0.3) is 5.91 Å². The van der Waals surface area contributed by atoms with Crippen molar-refractivity contribution in [2.75, 3.05) is 0 Å². The molecule has 3 rings (SSSR count). The van der Waals surface area contributed by atoms with E-state index >= 15 is 0 Å². The lowest BCUT2D eigenvalue weighted by molar-refractivity contribution is 0.0997. The number of amides is 1. The topological polar surface area (TPSA) is 34.4 Å². The van der Waals surface area contributed by atoms with Crippen LogP contribution in [0.4, 0.5) is 0 Å². The molecule has 0 saturated carbocycles. The molecule has 1 amide bonds. The van der Waals surface area contributed by atoms with Crippen LogP contribution in [0.1, 0.15) is 17.3 Å². The van der Waals surface area contributed by atoms with Gasteiger partial charge in [0.05, 0.1) is 15.8 Å². The third-order valence-corrected chi connectivity index (χ3v) is 5.74. The molecule has 0 aliphatic rings. The summed E-state index contributed by atoms with van der Waals surface area (Å²) in [6.45, 7) is 2.84. The first kappa shape index (κ1) is 15.9. The average molecular weight is 487 g/mol. The third kappa shape index (κ3) is 3.04. The molecular formula is C16H12BrIN2OS. The number of aromatic nitrogens is 1. The van der Waals surface area contributed by atoms with Crippen molar-refractivity contribution in [1.29, 1.82) is 0 Å². The van der Waals surface area contributed by atoms with Gasteiger partial charge in [-0.2, -0.15) is 4.99 Å². The van der Waals surface area contributed by atoms with Crippen LogP contribution in [0, 0.1) is 3.57 Å². The fraction of sp³-hybridized carbons (Fsp3) is 0.125. The minimum absolute atomic E-state index is 0.196. The molecule has 3 aromatic rings. The number of thiazole rings is 1. The second-order valence-corrected chi connectivity index (χ2v) is 7.72. The number of hydrogen-bond donors (Lipinski definition) is 0. The molecule has 1 aromatic heterocycles. The summed E-state index contributed by atoms with van der Waals surface area (Å²) in [5, 5.41) is 0. The van der Waals surface area contributed by atoms with Crippen molar-refractivity contribution < 1.29 is 4.79 Å². The predicted molar refractivity (Wildman–Crippen MR) is 102 cm³/mol. The fourth-order valence-corrected chi connectivity index (χ4v) is 4.48. The summed E-state index contributed by atoms with van der Waals surface area (Å²) >= 11 is 7.18. The molecule has 0 radical (unpaired) electrons. The van der Waals surface area contributed by atoms with Crippen LogP contribution in [0.3, 0.4) is 0 Å². The summed E-state index contributed by atoms with van der Waals surface area (Å²) in [4.78, 5) is 17.5. The lowest BCUT2D eigenvalue weighted by atomic mass is 10.2. The van der Waals surface area contributed by atoms with Gasteiger partial charge in [-0.25, -0.2) is 0 Å². The van der Waals surface area contributed by atoms with Crippen LogP contribution >= 0.6 is 49.9 Å². The Kier molecular flexibility index (Phi) is 4.79. The Morgan fingerprint density at radius 2 is 2.09 bits per heavy atom. The second-order valence-electron chi connectivity index (χ2n) is 4.64. The fourth-order valence-electron chi connectivity index (χ4n) is 2.22. The number of carbonyl (C=O) groups excluding carboxylic acids is 1. The first-order chi connectivity index (χ1) is 10.6. The molecule has 1 heterocycles. The highest BCUT2D eigenvalue weighted by atomic mass is 127. The Bertz CT molecular complexity index is 929. The molecule has 0 aliphatic carbocycles. The van der Waals surface area contributed by atoms with E-state index in [1.807, 2.05) is 30.3 Å². The Morgan fingerprint density at radius 1 is 1.32 bits per heavy atom. The van der Waals surface area contributed by atoms with Gasteiger partial charge in [-0.3, -0.25) is 4.79 Å². The SMILES string of the molecule is CCn1c(=NC(=O)c2ccccc2I)sc2cc(Br)ccc21. The average Bonchev–Trinajstić information content (AvgIpc) is 2.83. The smallest absolute Gasteiger partial charge is 0.280 e. The summed E-state index contributed by atoms with van der Waals surface area (Å²) in [5.41, 5.74) is 1.74. The highest BCUT2D eigenvalue weighted by Gasteiger charge is 2.10. The zero-order chi connectivity index (χ0) is 15.7. The zero-order valence-electron chi connectivity index (χ0n) is 11.7. The summed E-state index contributed by atoms with van der Waals surface area (Å²) in [7, 11) is 0. The second kappa shape index (κ2) is 6.64. The van der Waals surface area contributed by atoms with Gasteiger partial charge in [0.1, 0.15) is 0 Å². The van der Waals surface area contributed by atoms with E-state index < -0.39 is 0 Å². The highest BCUT2D eigenvalue weighted by molar-refractivity contribution is 14.1. The van der Waals surface area contributed by atoms with Crippen molar-refractivity contribution in [1.82, 2.24) is 4.57 Å². The van der Waals surface area contributed by atoms with Crippen LogP contribution in [0.25, 0.3) is 10.2 Å². The van der Waals surface area contributed by atoms with Gasteiger partial charge in [0.2, 0.25) is 0 Å². The van der Waals surface area contributed by atoms with Crippen LogP contribution in [0.5, 0.6) is 0 Å². The van der Waals surface area contributed by atoms with E-state index in [2.05, 4.69) is 67.1 Å². The number of benzene rings is 2. The van der Waals surface area contributed by atoms with Crippen LogP contribution in [0.2, 0.25) is 0 Å². The number of carbonyl (C=O) groups is 1. The Balaban J connectivity index is 2.17. The summed E-state index contributed by atoms with van der Waals surface area (Å²) < 4.78 is 5.13. The molecule has 0 spiro atoms. The molecule has 22 heavy (non-hydrogen) atoms. The Labute approximate surface area is 154 Å². The van der Waals surface area contributed by atoms with Gasteiger partial charge in [0, 0.05) is 14.6 Å². The molecule has 2 aromatic carbocycles. The maximum Gasteiger partial charge on any atom is 0.280 e. The number of nitrogens with zero attached hydrogens (tertiary/aromatic N) is 2. The zero-order valence-corrected chi connectivity index (χ0v) is 16.3. The summed E-state index contributed by atoms with van der Waals surface area (Å²) in [6, 6.07) is 13.6. The van der Waals surface area contributed by atoms with E-state index in [1.54, 1.807) is 0 Å². The minimum atomic E-state index is -0.196. The maximum absolute atomic E-state index is 12.5. The first-order valence-electron chi connectivity index (χ1n) is 6.72. The summed E-state index contributed by atoms with van der Waals surface area (Å²) in [5.74, 6) is -0.196. The van der Waals surface area contributed by atoms with Gasteiger partial charge in [-0.1, -0.05) is 39.4 Å². The maximum atomic E-state index is 12.5. The van der Waals surface area contributed by atoms with Crippen LogP contribution < -0.4 is 4.80 Å². The molecule has 0 saturated heterocycles. The standard InChI is InChI=1S/C16H12BrIN2OS/c1-2-20-13-8-7-10(17)9-14(13)22-16(20)19-15(21)11-5-3-4-6-12(11)18/h3-9H,2H2,1H3. The van der Waals surface area contributed by atoms with Gasteiger partial charge < -0.3 is 4.57 Å². The highest BCUT2D eigenvalue weighted by Crippen LogP contribution is 2.22. The van der Waals surface area contributed by atoms with Crippen molar-refractivity contribution in [3.8, 4) is 0 Å². The lowest BCUT2D eigenvalue weighted by Crippen LogP contribution is -2.16. The van der Waals surface area contributed by atoms with E-state index in [0.717, 1.165) is 29.6 Å². The predicted octanol–water partition coefficient (Wildman–Crippen LogP) is 4.83. The van der Waals surface area contributed by atoms with E-state index in [0.29, 0.717) is 5.56 Å². The van der Waals surface area contributed by atoms with Crippen molar-refractivity contribution in [2.24, 2.45) is 4.99 Å². The molecule has 0 fully saturated rings. The molecule has 3 nitrogen and oxygen atoms in total. The van der Waals surface area contributed by atoms with Crippen LogP contribution in [-0.4, -0.2) is 10.5 Å². The number of fused-ring (bicyclic) bond motifs is 1. The van der Waals surface area contributed by atoms with Crippen molar-refractivity contribution >= 4 is 66.0 Å². The third-order valence-electron chi connectivity index (χ3n) is 3.26. The normalized spacial score (nSPS) is 12.0. The number of rotatable bonds is 2. The molecule has 0 aliphatic heterocycles. The van der Waals surface area contributed by atoms with Gasteiger partial charge in [0.15, 0.2) is 4.80 Å². The number of hydrogen-bond acceptors (Lipinski definition) is 2. The minimum Gasteiger partial charge on any atom is -0.317 e. The van der Waals surface area contributed by atoms with Gasteiger partial charge in [-0.05, 0) is 59.8 Å².